The van der Waals surface area contributed by atoms with Gasteiger partial charge in [0.15, 0.2) is 5.84 Å². The van der Waals surface area contributed by atoms with Crippen LogP contribution in [0.3, 0.4) is 0 Å². The van der Waals surface area contributed by atoms with Gasteiger partial charge in [-0.1, -0.05) is 5.16 Å². The Labute approximate surface area is 121 Å². The molecular weight excluding hydrogens is 270 g/mol. The van der Waals surface area contributed by atoms with Crippen molar-refractivity contribution in [3.8, 4) is 0 Å². The molecule has 2 heterocycles. The minimum absolute atomic E-state index is 0.0489. The highest BCUT2D eigenvalue weighted by atomic mass is 16.4. The summed E-state index contributed by atoms with van der Waals surface area (Å²) in [5.41, 5.74) is 7.24. The molecule has 108 valence electrons. The molecule has 4 N–H and O–H groups in total. The first kappa shape index (κ1) is 14.4. The van der Waals surface area contributed by atoms with E-state index in [2.05, 4.69) is 20.4 Å². The minimum atomic E-state index is -0.268. The Morgan fingerprint density at radius 2 is 2.05 bits per heavy atom. The lowest BCUT2D eigenvalue weighted by molar-refractivity contribution is 0.0949. The highest BCUT2D eigenvalue weighted by Gasteiger charge is 2.07. The predicted molar refractivity (Wildman–Crippen MR) is 77.0 cm³/mol. The zero-order valence-electron chi connectivity index (χ0n) is 11.2. The summed E-state index contributed by atoms with van der Waals surface area (Å²) in [5.74, 6) is -0.317. The van der Waals surface area contributed by atoms with Gasteiger partial charge >= 0.3 is 0 Å². The molecule has 0 saturated carbocycles. The molecular formula is C14H15N5O2. The van der Waals surface area contributed by atoms with E-state index in [1.54, 1.807) is 18.5 Å². The van der Waals surface area contributed by atoms with E-state index < -0.39 is 0 Å². The minimum Gasteiger partial charge on any atom is -0.409 e. The highest BCUT2D eigenvalue weighted by molar-refractivity contribution is 5.98. The van der Waals surface area contributed by atoms with E-state index in [4.69, 9.17) is 10.9 Å². The second kappa shape index (κ2) is 6.99. The third-order valence-electron chi connectivity index (χ3n) is 2.85. The van der Waals surface area contributed by atoms with E-state index in [1.165, 1.54) is 12.3 Å². The molecule has 0 bridgehead atoms. The average molecular weight is 285 g/mol. The number of hydrogen-bond acceptors (Lipinski definition) is 5. The second-order valence-corrected chi connectivity index (χ2v) is 4.28. The Morgan fingerprint density at radius 1 is 1.29 bits per heavy atom. The third kappa shape index (κ3) is 4.00. The number of hydrogen-bond donors (Lipinski definition) is 3. The van der Waals surface area contributed by atoms with Crippen molar-refractivity contribution in [3.05, 3.63) is 59.7 Å². The molecule has 7 heteroatoms. The Hall–Kier alpha value is -2.96. The predicted octanol–water partition coefficient (Wildman–Crippen LogP) is 0.544. The van der Waals surface area contributed by atoms with Crippen molar-refractivity contribution in [3.63, 3.8) is 0 Å². The Kier molecular flexibility index (Phi) is 4.81. The average Bonchev–Trinajstić information content (AvgIpc) is 2.55. The van der Waals surface area contributed by atoms with Crippen molar-refractivity contribution >= 4 is 11.7 Å². The first-order valence-electron chi connectivity index (χ1n) is 6.32. The van der Waals surface area contributed by atoms with E-state index in [0.717, 1.165) is 12.0 Å². The zero-order chi connectivity index (χ0) is 15.1. The fourth-order valence-electron chi connectivity index (χ4n) is 1.70. The van der Waals surface area contributed by atoms with Gasteiger partial charge in [-0.15, -0.1) is 0 Å². The van der Waals surface area contributed by atoms with E-state index in [-0.39, 0.29) is 17.4 Å². The molecule has 0 spiro atoms. The van der Waals surface area contributed by atoms with Crippen LogP contribution in [0.15, 0.2) is 48.0 Å². The number of nitrogens with zero attached hydrogens (tertiary/aromatic N) is 3. The molecule has 2 aromatic heterocycles. The summed E-state index contributed by atoms with van der Waals surface area (Å²) in [4.78, 5) is 19.8. The number of aromatic nitrogens is 2. The van der Waals surface area contributed by atoms with Crippen LogP contribution in [0.1, 0.15) is 21.6 Å². The number of rotatable bonds is 5. The van der Waals surface area contributed by atoms with Gasteiger partial charge in [-0.2, -0.15) is 0 Å². The Balaban J connectivity index is 1.89. The molecule has 1 amide bonds. The van der Waals surface area contributed by atoms with Gasteiger partial charge in [-0.3, -0.25) is 14.8 Å². The van der Waals surface area contributed by atoms with Crippen LogP contribution in [0, 0.1) is 0 Å². The molecule has 0 saturated heterocycles. The van der Waals surface area contributed by atoms with Crippen molar-refractivity contribution in [2.45, 2.75) is 6.42 Å². The van der Waals surface area contributed by atoms with Gasteiger partial charge in [-0.05, 0) is 36.2 Å². The Morgan fingerprint density at radius 3 is 2.67 bits per heavy atom. The van der Waals surface area contributed by atoms with Gasteiger partial charge in [0.05, 0.1) is 0 Å². The van der Waals surface area contributed by atoms with Crippen LogP contribution in [0.25, 0.3) is 0 Å². The number of nitrogens with one attached hydrogen (secondary N) is 1. The topological polar surface area (TPSA) is 113 Å². The van der Waals surface area contributed by atoms with Crippen LogP contribution in [0.5, 0.6) is 0 Å². The quantitative estimate of drug-likeness (QED) is 0.321. The van der Waals surface area contributed by atoms with E-state index in [9.17, 15) is 4.79 Å². The van der Waals surface area contributed by atoms with E-state index in [0.29, 0.717) is 12.1 Å². The SMILES string of the molecule is NC(=NO)c1ccc(C(=O)NCCc2ccncc2)nc1. The van der Waals surface area contributed by atoms with Crippen LogP contribution in [-0.4, -0.2) is 33.5 Å². The van der Waals surface area contributed by atoms with Crippen LogP contribution in [0.4, 0.5) is 0 Å². The van der Waals surface area contributed by atoms with Gasteiger partial charge in [0, 0.05) is 30.7 Å². The largest absolute Gasteiger partial charge is 0.409 e. The molecule has 2 aromatic rings. The number of carbonyl (C=O) groups excluding carboxylic acids is 1. The summed E-state index contributed by atoms with van der Waals surface area (Å²) in [5, 5.41) is 14.2. The summed E-state index contributed by atoms with van der Waals surface area (Å²) in [7, 11) is 0. The molecule has 0 aliphatic carbocycles. The maximum absolute atomic E-state index is 11.9. The fraction of sp³-hybridized carbons (Fsp3) is 0.143. The van der Waals surface area contributed by atoms with E-state index in [1.807, 2.05) is 12.1 Å². The number of amides is 1. The molecule has 7 nitrogen and oxygen atoms in total. The van der Waals surface area contributed by atoms with Crippen LogP contribution in [-0.2, 0) is 6.42 Å². The lowest BCUT2D eigenvalue weighted by atomic mass is 10.2. The summed E-state index contributed by atoms with van der Waals surface area (Å²) in [6.07, 6.45) is 5.53. The zero-order valence-corrected chi connectivity index (χ0v) is 11.2. The summed E-state index contributed by atoms with van der Waals surface area (Å²) < 4.78 is 0. The molecule has 0 atom stereocenters. The molecule has 21 heavy (non-hydrogen) atoms. The summed E-state index contributed by atoms with van der Waals surface area (Å²) in [6.45, 7) is 0.506. The van der Waals surface area contributed by atoms with Gasteiger partial charge in [0.2, 0.25) is 0 Å². The standard InChI is InChI=1S/C14H15N5O2/c15-13(19-21)11-1-2-12(18-9-11)14(20)17-8-5-10-3-6-16-7-4-10/h1-4,6-7,9,21H,5,8H2,(H2,15,19)(H,17,20). The van der Waals surface area contributed by atoms with Gasteiger partial charge in [0.1, 0.15) is 5.69 Å². The van der Waals surface area contributed by atoms with Gasteiger partial charge < -0.3 is 16.3 Å². The van der Waals surface area contributed by atoms with Crippen LogP contribution < -0.4 is 11.1 Å². The number of pyridine rings is 2. The molecule has 0 unspecified atom stereocenters. The van der Waals surface area contributed by atoms with Crippen molar-refractivity contribution in [2.24, 2.45) is 10.9 Å². The van der Waals surface area contributed by atoms with Crippen LogP contribution in [0.2, 0.25) is 0 Å². The van der Waals surface area contributed by atoms with Gasteiger partial charge in [-0.25, -0.2) is 0 Å². The van der Waals surface area contributed by atoms with Crippen molar-refractivity contribution in [1.29, 1.82) is 0 Å². The van der Waals surface area contributed by atoms with Crippen molar-refractivity contribution in [1.82, 2.24) is 15.3 Å². The molecule has 0 aliphatic heterocycles. The van der Waals surface area contributed by atoms with Crippen molar-refractivity contribution in [2.75, 3.05) is 6.54 Å². The number of oxime groups is 1. The number of carbonyl (C=O) groups is 1. The van der Waals surface area contributed by atoms with Crippen LogP contribution >= 0.6 is 0 Å². The maximum atomic E-state index is 11.9. The van der Waals surface area contributed by atoms with Gasteiger partial charge in [0.25, 0.3) is 5.91 Å². The van der Waals surface area contributed by atoms with Crippen molar-refractivity contribution < 1.29 is 10.0 Å². The number of nitrogens with two attached hydrogens (primary N) is 1. The monoisotopic (exact) mass is 285 g/mol. The molecule has 0 aliphatic rings. The second-order valence-electron chi connectivity index (χ2n) is 4.28. The lowest BCUT2D eigenvalue weighted by Crippen LogP contribution is -2.26. The highest BCUT2D eigenvalue weighted by Crippen LogP contribution is 2.01. The smallest absolute Gasteiger partial charge is 0.269 e. The molecule has 0 aromatic carbocycles. The lowest BCUT2D eigenvalue weighted by Gasteiger charge is -2.05. The fourth-order valence-corrected chi connectivity index (χ4v) is 1.70. The molecule has 2 rings (SSSR count). The Bertz CT molecular complexity index is 626. The maximum Gasteiger partial charge on any atom is 0.269 e. The molecule has 0 fully saturated rings. The summed E-state index contributed by atoms with van der Waals surface area (Å²) >= 11 is 0. The third-order valence-corrected chi connectivity index (χ3v) is 2.85. The molecule has 0 radical (unpaired) electrons. The normalized spacial score (nSPS) is 11.1. The van der Waals surface area contributed by atoms with E-state index >= 15 is 0 Å². The first-order valence-corrected chi connectivity index (χ1v) is 6.32. The number of amidine groups is 1. The first-order chi connectivity index (χ1) is 10.2. The summed E-state index contributed by atoms with van der Waals surface area (Å²) in [6, 6.07) is 6.89.